The van der Waals surface area contributed by atoms with Crippen LogP contribution in [-0.4, -0.2) is 24.3 Å². The number of carbonyl (C=O) groups is 1. The molecule has 2 aromatic rings. The summed E-state index contributed by atoms with van der Waals surface area (Å²) in [6.07, 6.45) is -1.84. The fourth-order valence-electron chi connectivity index (χ4n) is 1.91. The van der Waals surface area contributed by atoms with E-state index in [0.29, 0.717) is 5.75 Å². The molecule has 1 amide bonds. The van der Waals surface area contributed by atoms with Gasteiger partial charge in [0, 0.05) is 11.1 Å². The van der Waals surface area contributed by atoms with Gasteiger partial charge in [0.1, 0.15) is 5.75 Å². The molecule has 8 heteroatoms. The summed E-state index contributed by atoms with van der Waals surface area (Å²) < 4.78 is 43.9. The molecule has 0 aliphatic rings. The van der Waals surface area contributed by atoms with Gasteiger partial charge < -0.3 is 10.1 Å². The summed E-state index contributed by atoms with van der Waals surface area (Å²) in [5, 5.41) is 2.43. The van der Waals surface area contributed by atoms with E-state index >= 15 is 0 Å². The zero-order chi connectivity index (χ0) is 17.0. The third-order valence-corrected chi connectivity index (χ3v) is 3.70. The average molecular weight is 342 g/mol. The highest BCUT2D eigenvalue weighted by atomic mass is 32.2. The SMILES string of the molecule is COc1cc(SC)ccc1NC(=O)c1cccnc1C(F)(F)F. The number of aromatic nitrogens is 1. The first-order valence-corrected chi connectivity index (χ1v) is 7.65. The number of nitrogens with one attached hydrogen (secondary N) is 1. The molecule has 0 atom stereocenters. The van der Waals surface area contributed by atoms with E-state index in [9.17, 15) is 18.0 Å². The predicted octanol–water partition coefficient (Wildman–Crippen LogP) is 4.08. The van der Waals surface area contributed by atoms with Crippen molar-refractivity contribution in [2.24, 2.45) is 0 Å². The fourth-order valence-corrected chi connectivity index (χ4v) is 2.33. The molecular formula is C15H13F3N2O2S. The van der Waals surface area contributed by atoms with Crippen LogP contribution in [0.15, 0.2) is 41.4 Å². The maximum atomic E-state index is 12.9. The van der Waals surface area contributed by atoms with E-state index in [1.54, 1.807) is 18.2 Å². The van der Waals surface area contributed by atoms with Crippen LogP contribution in [0, 0.1) is 0 Å². The van der Waals surface area contributed by atoms with Gasteiger partial charge in [0.25, 0.3) is 5.91 Å². The van der Waals surface area contributed by atoms with E-state index in [4.69, 9.17) is 4.74 Å². The highest BCUT2D eigenvalue weighted by Crippen LogP contribution is 2.32. The van der Waals surface area contributed by atoms with E-state index in [1.165, 1.54) is 24.9 Å². The minimum Gasteiger partial charge on any atom is -0.495 e. The van der Waals surface area contributed by atoms with Gasteiger partial charge in [-0.15, -0.1) is 11.8 Å². The number of pyridine rings is 1. The Bertz CT molecular complexity index is 720. The maximum Gasteiger partial charge on any atom is 0.434 e. The van der Waals surface area contributed by atoms with Crippen LogP contribution >= 0.6 is 11.8 Å². The van der Waals surface area contributed by atoms with Crippen LogP contribution in [0.2, 0.25) is 0 Å². The lowest BCUT2D eigenvalue weighted by Gasteiger charge is -2.14. The van der Waals surface area contributed by atoms with Crippen LogP contribution in [0.4, 0.5) is 18.9 Å². The molecule has 122 valence electrons. The zero-order valence-electron chi connectivity index (χ0n) is 12.3. The Labute approximate surface area is 135 Å². The largest absolute Gasteiger partial charge is 0.495 e. The molecule has 23 heavy (non-hydrogen) atoms. The Morgan fingerprint density at radius 2 is 2.04 bits per heavy atom. The van der Waals surface area contributed by atoms with Crippen LogP contribution in [0.3, 0.4) is 0 Å². The number of thioether (sulfide) groups is 1. The number of benzene rings is 1. The molecule has 0 fully saturated rings. The Morgan fingerprint density at radius 3 is 2.65 bits per heavy atom. The van der Waals surface area contributed by atoms with Crippen LogP contribution in [0.25, 0.3) is 0 Å². The van der Waals surface area contributed by atoms with Gasteiger partial charge >= 0.3 is 6.18 Å². The lowest BCUT2D eigenvalue weighted by Crippen LogP contribution is -2.20. The van der Waals surface area contributed by atoms with Gasteiger partial charge in [-0.3, -0.25) is 9.78 Å². The van der Waals surface area contributed by atoms with Crippen molar-refractivity contribution in [2.75, 3.05) is 18.7 Å². The minimum atomic E-state index is -4.71. The van der Waals surface area contributed by atoms with E-state index in [2.05, 4.69) is 10.3 Å². The first-order chi connectivity index (χ1) is 10.9. The standard InChI is InChI=1S/C15H13F3N2O2S/c1-22-12-8-9(23-2)5-6-11(12)20-14(21)10-4-3-7-19-13(10)15(16,17)18/h3-8H,1-2H3,(H,20,21). The third kappa shape index (κ3) is 3.95. The summed E-state index contributed by atoms with van der Waals surface area (Å²) in [5.74, 6) is -0.539. The van der Waals surface area contributed by atoms with Gasteiger partial charge in [-0.2, -0.15) is 13.2 Å². The normalized spacial score (nSPS) is 11.2. The molecular weight excluding hydrogens is 329 g/mol. The minimum absolute atomic E-state index is 0.285. The van der Waals surface area contributed by atoms with Crippen LogP contribution in [0.5, 0.6) is 5.75 Å². The fraction of sp³-hybridized carbons (Fsp3) is 0.200. The van der Waals surface area contributed by atoms with E-state index in [-0.39, 0.29) is 5.69 Å². The van der Waals surface area contributed by atoms with Crippen LogP contribution < -0.4 is 10.1 Å². The first-order valence-electron chi connectivity index (χ1n) is 6.42. The monoisotopic (exact) mass is 342 g/mol. The van der Waals surface area contributed by atoms with Crippen molar-refractivity contribution >= 4 is 23.4 Å². The second-order valence-corrected chi connectivity index (χ2v) is 5.30. The number of rotatable bonds is 4. The highest BCUT2D eigenvalue weighted by Gasteiger charge is 2.37. The molecule has 1 aromatic heterocycles. The Morgan fingerprint density at radius 1 is 1.30 bits per heavy atom. The molecule has 0 aliphatic carbocycles. The van der Waals surface area contributed by atoms with Crippen molar-refractivity contribution in [1.82, 2.24) is 4.98 Å². The second-order valence-electron chi connectivity index (χ2n) is 4.42. The summed E-state index contributed by atoms with van der Waals surface area (Å²) in [6.45, 7) is 0. The van der Waals surface area contributed by atoms with Gasteiger partial charge in [0.2, 0.25) is 0 Å². The number of amides is 1. The van der Waals surface area contributed by atoms with E-state index in [0.717, 1.165) is 17.2 Å². The molecule has 4 nitrogen and oxygen atoms in total. The molecule has 0 bridgehead atoms. The second kappa shape index (κ2) is 6.91. The number of halogens is 3. The van der Waals surface area contributed by atoms with Crippen molar-refractivity contribution in [2.45, 2.75) is 11.1 Å². The third-order valence-electron chi connectivity index (χ3n) is 2.98. The van der Waals surface area contributed by atoms with Crippen LogP contribution in [-0.2, 0) is 6.18 Å². The number of hydrogen-bond acceptors (Lipinski definition) is 4. The van der Waals surface area contributed by atoms with Gasteiger partial charge in [-0.1, -0.05) is 0 Å². The molecule has 1 aromatic carbocycles. The van der Waals surface area contributed by atoms with Crippen molar-refractivity contribution in [1.29, 1.82) is 0 Å². The topological polar surface area (TPSA) is 51.2 Å². The van der Waals surface area contributed by atoms with Crippen molar-refractivity contribution in [3.8, 4) is 5.75 Å². The molecule has 1 N–H and O–H groups in total. The van der Waals surface area contributed by atoms with Gasteiger partial charge in [0.05, 0.1) is 18.4 Å². The van der Waals surface area contributed by atoms with Gasteiger partial charge in [-0.25, -0.2) is 0 Å². The van der Waals surface area contributed by atoms with Gasteiger partial charge in [0.15, 0.2) is 5.69 Å². The molecule has 0 radical (unpaired) electrons. The van der Waals surface area contributed by atoms with Crippen molar-refractivity contribution in [3.63, 3.8) is 0 Å². The number of methoxy groups -OCH3 is 1. The lowest BCUT2D eigenvalue weighted by atomic mass is 10.1. The smallest absolute Gasteiger partial charge is 0.434 e. The number of carbonyl (C=O) groups excluding carboxylic acids is 1. The molecule has 0 saturated carbocycles. The molecule has 0 spiro atoms. The molecule has 0 saturated heterocycles. The van der Waals surface area contributed by atoms with Crippen LogP contribution in [0.1, 0.15) is 16.1 Å². The molecule has 2 rings (SSSR count). The number of ether oxygens (including phenoxy) is 1. The Balaban J connectivity index is 2.34. The average Bonchev–Trinajstić information content (AvgIpc) is 2.54. The summed E-state index contributed by atoms with van der Waals surface area (Å²) in [4.78, 5) is 16.4. The van der Waals surface area contributed by atoms with E-state index < -0.39 is 23.3 Å². The lowest BCUT2D eigenvalue weighted by molar-refractivity contribution is -0.141. The van der Waals surface area contributed by atoms with E-state index in [1.807, 2.05) is 6.26 Å². The Kier molecular flexibility index (Phi) is 5.15. The number of hydrogen-bond donors (Lipinski definition) is 1. The summed E-state index contributed by atoms with van der Waals surface area (Å²) in [6, 6.07) is 7.35. The van der Waals surface area contributed by atoms with Crippen molar-refractivity contribution < 1.29 is 22.7 Å². The highest BCUT2D eigenvalue weighted by molar-refractivity contribution is 7.98. The molecule has 0 unspecified atom stereocenters. The maximum absolute atomic E-state index is 12.9. The summed E-state index contributed by atoms with van der Waals surface area (Å²) in [7, 11) is 1.42. The quantitative estimate of drug-likeness (QED) is 0.851. The summed E-state index contributed by atoms with van der Waals surface area (Å²) >= 11 is 1.48. The number of nitrogens with zero attached hydrogens (tertiary/aromatic N) is 1. The summed E-state index contributed by atoms with van der Waals surface area (Å²) in [5.41, 5.74) is -1.49. The predicted molar refractivity (Wildman–Crippen MR) is 82.0 cm³/mol. The zero-order valence-corrected chi connectivity index (χ0v) is 13.1. The number of alkyl halides is 3. The number of anilines is 1. The van der Waals surface area contributed by atoms with Gasteiger partial charge in [-0.05, 0) is 36.6 Å². The Hall–Kier alpha value is -2.22. The van der Waals surface area contributed by atoms with Crippen molar-refractivity contribution in [3.05, 3.63) is 47.8 Å². The molecule has 0 aliphatic heterocycles. The molecule has 1 heterocycles. The first kappa shape index (κ1) is 17.1.